The normalized spacial score (nSPS) is 21.6. The van der Waals surface area contributed by atoms with E-state index in [0.717, 1.165) is 11.8 Å². The lowest BCUT2D eigenvalue weighted by Crippen LogP contribution is -2.14. The fraction of sp³-hybridized carbons (Fsp3) is 0.583. The summed E-state index contributed by atoms with van der Waals surface area (Å²) in [6.07, 6.45) is 7.89. The highest BCUT2D eigenvalue weighted by molar-refractivity contribution is 5.29. The minimum absolute atomic E-state index is 0.765. The first-order valence-corrected chi connectivity index (χ1v) is 5.22. The van der Waals surface area contributed by atoms with Crippen molar-refractivity contribution < 1.29 is 0 Å². The quantitative estimate of drug-likeness (QED) is 0.639. The van der Waals surface area contributed by atoms with Gasteiger partial charge in [-0.3, -0.25) is 4.98 Å². The van der Waals surface area contributed by atoms with Gasteiger partial charge in [-0.2, -0.15) is 0 Å². The second kappa shape index (κ2) is 3.49. The van der Waals surface area contributed by atoms with Crippen molar-refractivity contribution >= 4 is 0 Å². The Morgan fingerprint density at radius 2 is 2.31 bits per heavy atom. The van der Waals surface area contributed by atoms with Crippen molar-refractivity contribution in [2.75, 3.05) is 0 Å². The van der Waals surface area contributed by atoms with E-state index in [9.17, 15) is 0 Å². The maximum atomic E-state index is 4.19. The van der Waals surface area contributed by atoms with Gasteiger partial charge in [0.25, 0.3) is 0 Å². The first kappa shape index (κ1) is 8.74. The van der Waals surface area contributed by atoms with Gasteiger partial charge >= 0.3 is 0 Å². The number of fused-ring (bicyclic) bond motifs is 1. The zero-order chi connectivity index (χ0) is 9.26. The number of pyridine rings is 1. The summed E-state index contributed by atoms with van der Waals surface area (Å²) in [5.41, 5.74) is 3.03. The van der Waals surface area contributed by atoms with Crippen molar-refractivity contribution in [2.45, 2.75) is 39.0 Å². The fourth-order valence-corrected chi connectivity index (χ4v) is 2.37. The Hall–Kier alpha value is -0.850. The molecular weight excluding hydrogens is 158 g/mol. The van der Waals surface area contributed by atoms with Gasteiger partial charge in [0.15, 0.2) is 0 Å². The molecule has 2 rings (SSSR count). The van der Waals surface area contributed by atoms with Crippen LogP contribution in [-0.4, -0.2) is 4.98 Å². The molecule has 0 saturated carbocycles. The van der Waals surface area contributed by atoms with Crippen molar-refractivity contribution in [1.29, 1.82) is 0 Å². The lowest BCUT2D eigenvalue weighted by Gasteiger charge is -2.27. The van der Waals surface area contributed by atoms with Gasteiger partial charge in [0.05, 0.1) is 0 Å². The molecule has 0 spiro atoms. The molecule has 1 unspecified atom stereocenters. The molecule has 70 valence electrons. The van der Waals surface area contributed by atoms with Gasteiger partial charge in [0.2, 0.25) is 0 Å². The molecule has 1 aromatic heterocycles. The Balaban J connectivity index is 2.37. The molecule has 0 fully saturated rings. The highest BCUT2D eigenvalue weighted by Gasteiger charge is 2.22. The molecule has 0 aromatic carbocycles. The van der Waals surface area contributed by atoms with Gasteiger partial charge in [-0.15, -0.1) is 0 Å². The number of rotatable bonds is 1. The van der Waals surface area contributed by atoms with Gasteiger partial charge in [0, 0.05) is 12.4 Å². The standard InChI is InChI=1S/C12H17N/c1-9(2)11-5-3-4-10-8-13-7-6-12(10)11/h6-9,11H,3-5H2,1-2H3. The van der Waals surface area contributed by atoms with E-state index in [2.05, 4.69) is 24.9 Å². The lowest BCUT2D eigenvalue weighted by atomic mass is 9.78. The second-order valence-electron chi connectivity index (χ2n) is 4.32. The van der Waals surface area contributed by atoms with Crippen LogP contribution in [0.1, 0.15) is 43.7 Å². The van der Waals surface area contributed by atoms with Crippen LogP contribution in [-0.2, 0) is 6.42 Å². The third-order valence-corrected chi connectivity index (χ3v) is 3.11. The van der Waals surface area contributed by atoms with Crippen LogP contribution < -0.4 is 0 Å². The zero-order valence-electron chi connectivity index (χ0n) is 8.46. The van der Waals surface area contributed by atoms with Crippen LogP contribution in [0.3, 0.4) is 0 Å². The van der Waals surface area contributed by atoms with E-state index in [4.69, 9.17) is 0 Å². The molecule has 0 radical (unpaired) electrons. The van der Waals surface area contributed by atoms with Crippen molar-refractivity contribution in [2.24, 2.45) is 5.92 Å². The summed E-state index contributed by atoms with van der Waals surface area (Å²) in [6, 6.07) is 2.21. The maximum Gasteiger partial charge on any atom is 0.0302 e. The smallest absolute Gasteiger partial charge is 0.0302 e. The summed E-state index contributed by atoms with van der Waals surface area (Å²) >= 11 is 0. The van der Waals surface area contributed by atoms with Crippen LogP contribution in [0.4, 0.5) is 0 Å². The summed E-state index contributed by atoms with van der Waals surface area (Å²) in [5.74, 6) is 1.54. The first-order chi connectivity index (χ1) is 6.29. The summed E-state index contributed by atoms with van der Waals surface area (Å²) in [4.78, 5) is 4.19. The number of hydrogen-bond acceptors (Lipinski definition) is 1. The lowest BCUT2D eigenvalue weighted by molar-refractivity contribution is 0.433. The number of aromatic nitrogens is 1. The van der Waals surface area contributed by atoms with Crippen LogP contribution in [0.25, 0.3) is 0 Å². The van der Waals surface area contributed by atoms with Crippen LogP contribution in [0.5, 0.6) is 0 Å². The van der Waals surface area contributed by atoms with Crippen LogP contribution >= 0.6 is 0 Å². The van der Waals surface area contributed by atoms with E-state index in [1.807, 2.05) is 12.4 Å². The topological polar surface area (TPSA) is 12.9 Å². The average molecular weight is 175 g/mol. The van der Waals surface area contributed by atoms with E-state index in [0.29, 0.717) is 0 Å². The monoisotopic (exact) mass is 175 g/mol. The third kappa shape index (κ3) is 1.60. The molecule has 13 heavy (non-hydrogen) atoms. The predicted molar refractivity (Wildman–Crippen MR) is 54.8 cm³/mol. The molecule has 1 aliphatic rings. The zero-order valence-corrected chi connectivity index (χ0v) is 8.46. The fourth-order valence-electron chi connectivity index (χ4n) is 2.37. The summed E-state index contributed by atoms with van der Waals surface area (Å²) in [6.45, 7) is 4.64. The molecule has 0 bridgehead atoms. The molecular formula is C12H17N. The summed E-state index contributed by atoms with van der Waals surface area (Å²) < 4.78 is 0. The number of hydrogen-bond donors (Lipinski definition) is 0. The molecule has 1 atom stereocenters. The van der Waals surface area contributed by atoms with E-state index < -0.39 is 0 Å². The van der Waals surface area contributed by atoms with Crippen LogP contribution in [0.15, 0.2) is 18.5 Å². The molecule has 1 nitrogen and oxygen atoms in total. The molecule has 1 heteroatoms. The number of aryl methyl sites for hydroxylation is 1. The molecule has 0 aliphatic heterocycles. The Bertz CT molecular complexity index is 291. The van der Waals surface area contributed by atoms with Gasteiger partial charge in [-0.05, 0) is 48.3 Å². The van der Waals surface area contributed by atoms with Crippen LogP contribution in [0, 0.1) is 5.92 Å². The van der Waals surface area contributed by atoms with Gasteiger partial charge in [0.1, 0.15) is 0 Å². The summed E-state index contributed by atoms with van der Waals surface area (Å²) in [5, 5.41) is 0. The largest absolute Gasteiger partial charge is 0.264 e. The summed E-state index contributed by atoms with van der Waals surface area (Å²) in [7, 11) is 0. The second-order valence-corrected chi connectivity index (χ2v) is 4.32. The first-order valence-electron chi connectivity index (χ1n) is 5.22. The molecule has 0 N–H and O–H groups in total. The van der Waals surface area contributed by atoms with Gasteiger partial charge < -0.3 is 0 Å². The maximum absolute atomic E-state index is 4.19. The Labute approximate surface area is 80.2 Å². The van der Waals surface area contributed by atoms with E-state index in [-0.39, 0.29) is 0 Å². The minimum Gasteiger partial charge on any atom is -0.264 e. The minimum atomic E-state index is 0.765. The predicted octanol–water partition coefficient (Wildman–Crippen LogP) is 3.16. The van der Waals surface area contributed by atoms with Crippen LogP contribution in [0.2, 0.25) is 0 Å². The van der Waals surface area contributed by atoms with Gasteiger partial charge in [-0.1, -0.05) is 13.8 Å². The highest BCUT2D eigenvalue weighted by Crippen LogP contribution is 2.35. The molecule has 1 aromatic rings. The Morgan fingerprint density at radius 1 is 1.46 bits per heavy atom. The molecule has 1 aliphatic carbocycles. The van der Waals surface area contributed by atoms with Crippen molar-refractivity contribution in [3.8, 4) is 0 Å². The average Bonchev–Trinajstić information content (AvgIpc) is 2.17. The van der Waals surface area contributed by atoms with E-state index in [1.165, 1.54) is 24.8 Å². The molecule has 0 saturated heterocycles. The SMILES string of the molecule is CC(C)C1CCCc2cnccc21. The highest BCUT2D eigenvalue weighted by atomic mass is 14.6. The number of nitrogens with zero attached hydrogens (tertiary/aromatic N) is 1. The third-order valence-electron chi connectivity index (χ3n) is 3.11. The molecule has 0 amide bonds. The van der Waals surface area contributed by atoms with Crippen molar-refractivity contribution in [3.63, 3.8) is 0 Å². The van der Waals surface area contributed by atoms with E-state index in [1.54, 1.807) is 5.56 Å². The van der Waals surface area contributed by atoms with Crippen molar-refractivity contribution in [1.82, 2.24) is 4.98 Å². The molecule has 1 heterocycles. The van der Waals surface area contributed by atoms with Gasteiger partial charge in [-0.25, -0.2) is 0 Å². The Morgan fingerprint density at radius 3 is 3.08 bits per heavy atom. The Kier molecular flexibility index (Phi) is 2.34. The van der Waals surface area contributed by atoms with E-state index >= 15 is 0 Å². The van der Waals surface area contributed by atoms with Crippen molar-refractivity contribution in [3.05, 3.63) is 29.6 Å².